The highest BCUT2D eigenvalue weighted by Gasteiger charge is 2.36. The van der Waals surface area contributed by atoms with E-state index in [2.05, 4.69) is 19.8 Å². The molecule has 1 amide bonds. The number of amides is 1. The minimum Gasteiger partial charge on any atom is -0.346 e. The van der Waals surface area contributed by atoms with Gasteiger partial charge in [0.15, 0.2) is 0 Å². The van der Waals surface area contributed by atoms with E-state index in [9.17, 15) is 4.79 Å². The van der Waals surface area contributed by atoms with Crippen LogP contribution in [0.15, 0.2) is 24.5 Å². The van der Waals surface area contributed by atoms with Gasteiger partial charge in [-0.15, -0.1) is 0 Å². The molecule has 1 N–H and O–H groups in total. The van der Waals surface area contributed by atoms with Gasteiger partial charge in [0, 0.05) is 43.5 Å². The van der Waals surface area contributed by atoms with E-state index in [1.807, 2.05) is 18.3 Å². The normalized spacial score (nSPS) is 27.1. The Morgan fingerprint density at radius 1 is 1.11 bits per heavy atom. The SMILES string of the molecule is O=C(c1cnc2[nH]ccc2c1)N1CCCCC1C1CCCN(CC2CCC2)C1. The van der Waals surface area contributed by atoms with E-state index in [-0.39, 0.29) is 5.91 Å². The molecule has 150 valence electrons. The molecule has 1 aliphatic carbocycles. The van der Waals surface area contributed by atoms with Crippen molar-refractivity contribution in [2.45, 2.75) is 57.4 Å². The minimum atomic E-state index is 0.177. The van der Waals surface area contributed by atoms with E-state index in [1.165, 1.54) is 58.2 Å². The van der Waals surface area contributed by atoms with Crippen LogP contribution < -0.4 is 0 Å². The Morgan fingerprint density at radius 2 is 2.04 bits per heavy atom. The van der Waals surface area contributed by atoms with E-state index < -0.39 is 0 Å². The lowest BCUT2D eigenvalue weighted by Crippen LogP contribution is -2.52. The van der Waals surface area contributed by atoms with Crippen LogP contribution in [0.4, 0.5) is 0 Å². The maximum atomic E-state index is 13.4. The molecule has 2 saturated heterocycles. The topological polar surface area (TPSA) is 52.2 Å². The summed E-state index contributed by atoms with van der Waals surface area (Å²) >= 11 is 0. The highest BCUT2D eigenvalue weighted by atomic mass is 16.2. The molecule has 4 heterocycles. The molecule has 2 unspecified atom stereocenters. The maximum Gasteiger partial charge on any atom is 0.255 e. The van der Waals surface area contributed by atoms with Crippen molar-refractivity contribution in [2.24, 2.45) is 11.8 Å². The van der Waals surface area contributed by atoms with Gasteiger partial charge in [0.05, 0.1) is 5.56 Å². The van der Waals surface area contributed by atoms with Crippen molar-refractivity contribution in [3.8, 4) is 0 Å². The molecule has 3 aliphatic rings. The molecule has 2 aromatic heterocycles. The number of piperidine rings is 2. The lowest BCUT2D eigenvalue weighted by molar-refractivity contribution is 0.0328. The van der Waals surface area contributed by atoms with Crippen molar-refractivity contribution in [1.82, 2.24) is 19.8 Å². The summed E-state index contributed by atoms with van der Waals surface area (Å²) in [5.74, 6) is 1.74. The van der Waals surface area contributed by atoms with Gasteiger partial charge in [0.25, 0.3) is 5.91 Å². The summed E-state index contributed by atoms with van der Waals surface area (Å²) in [5, 5.41) is 1.02. The van der Waals surface area contributed by atoms with Crippen molar-refractivity contribution >= 4 is 16.9 Å². The Kier molecular flexibility index (Phi) is 5.10. The average Bonchev–Trinajstić information content (AvgIpc) is 3.18. The fraction of sp³-hybridized carbons (Fsp3) is 0.652. The molecule has 5 heteroatoms. The van der Waals surface area contributed by atoms with Crippen LogP contribution in [-0.4, -0.2) is 57.9 Å². The predicted octanol–water partition coefficient (Wildman–Crippen LogP) is 4.07. The first-order valence-electron chi connectivity index (χ1n) is 11.2. The molecule has 5 nitrogen and oxygen atoms in total. The third-order valence-corrected chi connectivity index (χ3v) is 7.28. The van der Waals surface area contributed by atoms with Crippen LogP contribution in [0.25, 0.3) is 11.0 Å². The smallest absolute Gasteiger partial charge is 0.255 e. The van der Waals surface area contributed by atoms with Crippen molar-refractivity contribution < 1.29 is 4.79 Å². The molecule has 2 aliphatic heterocycles. The molecular formula is C23H32N4O. The Hall–Kier alpha value is -1.88. The number of nitrogens with one attached hydrogen (secondary N) is 1. The van der Waals surface area contributed by atoms with E-state index in [1.54, 1.807) is 6.20 Å². The quantitative estimate of drug-likeness (QED) is 0.870. The largest absolute Gasteiger partial charge is 0.346 e. The summed E-state index contributed by atoms with van der Waals surface area (Å²) in [6, 6.07) is 4.38. The van der Waals surface area contributed by atoms with Gasteiger partial charge in [-0.25, -0.2) is 4.98 Å². The molecule has 5 rings (SSSR count). The zero-order chi connectivity index (χ0) is 18.9. The molecule has 2 aromatic rings. The van der Waals surface area contributed by atoms with Gasteiger partial charge in [-0.05, 0) is 75.5 Å². The Bertz CT molecular complexity index is 827. The van der Waals surface area contributed by atoms with Gasteiger partial charge in [0.2, 0.25) is 0 Å². The van der Waals surface area contributed by atoms with Crippen LogP contribution in [-0.2, 0) is 0 Å². The Labute approximate surface area is 167 Å². The van der Waals surface area contributed by atoms with E-state index >= 15 is 0 Å². The predicted molar refractivity (Wildman–Crippen MR) is 111 cm³/mol. The second kappa shape index (κ2) is 7.86. The van der Waals surface area contributed by atoms with Gasteiger partial charge in [0.1, 0.15) is 5.65 Å². The summed E-state index contributed by atoms with van der Waals surface area (Å²) in [4.78, 5) is 25.8. The lowest BCUT2D eigenvalue weighted by atomic mass is 9.82. The summed E-state index contributed by atoms with van der Waals surface area (Å²) < 4.78 is 0. The number of aromatic nitrogens is 2. The fourth-order valence-corrected chi connectivity index (χ4v) is 5.53. The van der Waals surface area contributed by atoms with Crippen LogP contribution in [0.1, 0.15) is 61.7 Å². The number of carbonyl (C=O) groups is 1. The first kappa shape index (κ1) is 18.2. The van der Waals surface area contributed by atoms with Crippen molar-refractivity contribution in [2.75, 3.05) is 26.2 Å². The summed E-state index contributed by atoms with van der Waals surface area (Å²) in [6.45, 7) is 4.61. The monoisotopic (exact) mass is 380 g/mol. The van der Waals surface area contributed by atoms with Crippen molar-refractivity contribution in [3.05, 3.63) is 30.1 Å². The lowest BCUT2D eigenvalue weighted by Gasteiger charge is -2.45. The standard InChI is InChI=1S/C23H32N4O/c28-23(20-13-18-9-10-24-22(18)25-14-20)27-12-2-1-8-21(27)19-7-4-11-26(16-19)15-17-5-3-6-17/h9-10,13-14,17,19,21H,1-8,11-12,15-16H2,(H,24,25). The molecule has 0 spiro atoms. The summed E-state index contributed by atoms with van der Waals surface area (Å²) in [5.41, 5.74) is 1.59. The zero-order valence-electron chi connectivity index (χ0n) is 16.8. The minimum absolute atomic E-state index is 0.177. The van der Waals surface area contributed by atoms with E-state index in [0.717, 1.165) is 41.9 Å². The average molecular weight is 381 g/mol. The number of aromatic amines is 1. The van der Waals surface area contributed by atoms with Gasteiger partial charge >= 0.3 is 0 Å². The van der Waals surface area contributed by atoms with Crippen molar-refractivity contribution in [1.29, 1.82) is 0 Å². The number of likely N-dealkylation sites (tertiary alicyclic amines) is 2. The van der Waals surface area contributed by atoms with Gasteiger partial charge in [-0.2, -0.15) is 0 Å². The van der Waals surface area contributed by atoms with Gasteiger partial charge in [-0.1, -0.05) is 6.42 Å². The van der Waals surface area contributed by atoms with Crippen LogP contribution >= 0.6 is 0 Å². The molecule has 3 fully saturated rings. The third-order valence-electron chi connectivity index (χ3n) is 7.28. The van der Waals surface area contributed by atoms with E-state index in [4.69, 9.17) is 0 Å². The number of fused-ring (bicyclic) bond motifs is 1. The van der Waals surface area contributed by atoms with Crippen LogP contribution in [0.3, 0.4) is 0 Å². The first-order chi connectivity index (χ1) is 13.8. The fourth-order valence-electron chi connectivity index (χ4n) is 5.53. The number of pyridine rings is 1. The van der Waals surface area contributed by atoms with Crippen LogP contribution in [0.5, 0.6) is 0 Å². The van der Waals surface area contributed by atoms with Gasteiger partial charge in [-0.3, -0.25) is 4.79 Å². The molecule has 1 saturated carbocycles. The highest BCUT2D eigenvalue weighted by molar-refractivity contribution is 5.97. The molecular weight excluding hydrogens is 348 g/mol. The Balaban J connectivity index is 1.31. The van der Waals surface area contributed by atoms with Crippen LogP contribution in [0.2, 0.25) is 0 Å². The highest BCUT2D eigenvalue weighted by Crippen LogP contribution is 2.33. The molecule has 2 atom stereocenters. The van der Waals surface area contributed by atoms with Crippen molar-refractivity contribution in [3.63, 3.8) is 0 Å². The maximum absolute atomic E-state index is 13.4. The molecule has 0 bridgehead atoms. The molecule has 28 heavy (non-hydrogen) atoms. The molecule has 0 aromatic carbocycles. The number of rotatable bonds is 4. The van der Waals surface area contributed by atoms with E-state index in [0.29, 0.717) is 12.0 Å². The Morgan fingerprint density at radius 3 is 2.89 bits per heavy atom. The number of nitrogens with zero attached hydrogens (tertiary/aromatic N) is 3. The third kappa shape index (κ3) is 3.57. The second-order valence-electron chi connectivity index (χ2n) is 9.16. The van der Waals surface area contributed by atoms with Gasteiger partial charge < -0.3 is 14.8 Å². The number of hydrogen-bond donors (Lipinski definition) is 1. The second-order valence-corrected chi connectivity index (χ2v) is 9.16. The van der Waals surface area contributed by atoms with Crippen LogP contribution in [0, 0.1) is 11.8 Å². The number of carbonyl (C=O) groups excluding carboxylic acids is 1. The summed E-state index contributed by atoms with van der Waals surface area (Å²) in [6.07, 6.45) is 14.0. The molecule has 0 radical (unpaired) electrons. The number of H-pyrrole nitrogens is 1. The zero-order valence-corrected chi connectivity index (χ0v) is 16.8. The first-order valence-corrected chi connectivity index (χ1v) is 11.2. The summed E-state index contributed by atoms with van der Waals surface area (Å²) in [7, 11) is 0. The number of hydrogen-bond acceptors (Lipinski definition) is 3.